The fourth-order valence-electron chi connectivity index (χ4n) is 11.2. The van der Waals surface area contributed by atoms with Gasteiger partial charge in [-0.25, -0.2) is 0 Å². The summed E-state index contributed by atoms with van der Waals surface area (Å²) in [5, 5.41) is 0. The Labute approximate surface area is 344 Å². The molecule has 0 N–H and O–H groups in total. The molecule has 2 aromatic carbocycles. The van der Waals surface area contributed by atoms with Crippen LogP contribution in [0.25, 0.3) is 0 Å². The van der Waals surface area contributed by atoms with Crippen molar-refractivity contribution < 1.29 is 0 Å². The molecule has 296 valence electrons. The first-order chi connectivity index (χ1) is 25.9. The van der Waals surface area contributed by atoms with Gasteiger partial charge in [-0.2, -0.15) is 0 Å². The lowest BCUT2D eigenvalue weighted by atomic mass is 9.51. The van der Waals surface area contributed by atoms with E-state index in [1.807, 2.05) is 0 Å². The highest BCUT2D eigenvalue weighted by atomic mass is 32.2. The molecular weight excluding hydrogens is 717 g/mol. The number of hydrogen-bond donors (Lipinski definition) is 0. The fraction of sp³-hybridized carbons (Fsp3) is 0.755. The Balaban J connectivity index is 1.30. The molecule has 2 aliphatic heterocycles. The van der Waals surface area contributed by atoms with Crippen molar-refractivity contribution in [2.75, 3.05) is 23.0 Å². The van der Waals surface area contributed by atoms with Crippen molar-refractivity contribution in [2.45, 2.75) is 185 Å². The summed E-state index contributed by atoms with van der Waals surface area (Å²) in [6, 6.07) is 15.2. The average Bonchev–Trinajstić information content (AvgIpc) is 3.19. The third-order valence-electron chi connectivity index (χ3n) is 14.4. The first-order valence-corrected chi connectivity index (χ1v) is 26.7. The summed E-state index contributed by atoms with van der Waals surface area (Å²) in [7, 11) is 0. The van der Waals surface area contributed by atoms with E-state index in [-0.39, 0.29) is 0 Å². The van der Waals surface area contributed by atoms with Gasteiger partial charge < -0.3 is 0 Å². The van der Waals surface area contributed by atoms with E-state index < -0.39 is 0 Å². The lowest BCUT2D eigenvalue weighted by Gasteiger charge is -2.63. The van der Waals surface area contributed by atoms with Crippen LogP contribution in [0.4, 0.5) is 0 Å². The van der Waals surface area contributed by atoms with E-state index in [9.17, 15) is 0 Å². The Hall–Kier alpha value is -0.160. The average molecular weight is 793 g/mol. The lowest BCUT2D eigenvalue weighted by molar-refractivity contribution is -0.0168. The molecule has 0 nitrogen and oxygen atoms in total. The van der Waals surface area contributed by atoms with Gasteiger partial charge in [0.25, 0.3) is 0 Å². The normalized spacial score (nSPS) is 32.5. The van der Waals surface area contributed by atoms with Crippen molar-refractivity contribution in [3.8, 4) is 0 Å². The van der Waals surface area contributed by atoms with Crippen LogP contribution in [-0.2, 0) is 12.8 Å². The van der Waals surface area contributed by atoms with Crippen molar-refractivity contribution in [1.29, 1.82) is 0 Å². The zero-order valence-corrected chi connectivity index (χ0v) is 38.1. The van der Waals surface area contributed by atoms with E-state index in [1.165, 1.54) is 151 Å². The standard InChI is InChI=1S/C49H76S4/c1-7-11-15-39-19-21-45(37(6)31-39)43-24-28-49(29-25-43,47-52-34-41(35-53-47)17-13-9-3)48(46-50-32-40(33-51-46)16-12-8-2)26-22-42(23-27-48)44-20-18-38(14-10-4)30-36(44)5/h18-21,30-31,40-43,46-47H,7-17,22-29,32-35H2,1-6H3. The molecule has 2 saturated carbocycles. The predicted octanol–water partition coefficient (Wildman–Crippen LogP) is 15.8. The minimum Gasteiger partial charge on any atom is -0.147 e. The van der Waals surface area contributed by atoms with Crippen molar-refractivity contribution in [1.82, 2.24) is 0 Å². The summed E-state index contributed by atoms with van der Waals surface area (Å²) in [6.07, 6.45) is 26.1. The van der Waals surface area contributed by atoms with E-state index >= 15 is 0 Å². The van der Waals surface area contributed by atoms with E-state index in [2.05, 4.69) is 125 Å². The smallest absolute Gasteiger partial charge is 0.0564 e. The molecule has 0 amide bonds. The minimum atomic E-state index is 0.440. The van der Waals surface area contributed by atoms with Gasteiger partial charge in [-0.3, -0.25) is 0 Å². The van der Waals surface area contributed by atoms with E-state index in [1.54, 1.807) is 27.8 Å². The second kappa shape index (κ2) is 20.5. The van der Waals surface area contributed by atoms with E-state index in [0.717, 1.165) is 32.8 Å². The van der Waals surface area contributed by atoms with Gasteiger partial charge in [-0.05, 0) is 188 Å². The molecule has 2 aromatic rings. The van der Waals surface area contributed by atoms with Crippen LogP contribution in [0.1, 0.15) is 182 Å². The number of rotatable bonds is 16. The second-order valence-electron chi connectivity index (χ2n) is 18.1. The Kier molecular flexibility index (Phi) is 16.4. The van der Waals surface area contributed by atoms with Gasteiger partial charge in [-0.15, -0.1) is 47.0 Å². The fourth-order valence-corrected chi connectivity index (χ4v) is 19.3. The number of unbranched alkanes of at least 4 members (excludes halogenated alkanes) is 3. The minimum absolute atomic E-state index is 0.440. The molecule has 0 atom stereocenters. The summed E-state index contributed by atoms with van der Waals surface area (Å²) in [6.45, 7) is 14.3. The molecule has 2 heterocycles. The molecule has 0 radical (unpaired) electrons. The first-order valence-electron chi connectivity index (χ1n) is 22.5. The SMILES string of the molecule is CCCCc1ccc(C2CCC(C3SCC(CCCC)CS3)(C3(C4SCC(CCCC)CS4)CCC(c4ccc(CCC)cc4C)CC3)CC2)c(C)c1. The van der Waals surface area contributed by atoms with Crippen molar-refractivity contribution in [3.63, 3.8) is 0 Å². The summed E-state index contributed by atoms with van der Waals surface area (Å²) in [4.78, 5) is 0. The summed E-state index contributed by atoms with van der Waals surface area (Å²) < 4.78 is 1.54. The molecule has 0 unspecified atom stereocenters. The largest absolute Gasteiger partial charge is 0.147 e. The number of thioether (sulfide) groups is 4. The number of benzene rings is 2. The third-order valence-corrected chi connectivity index (χ3v) is 21.7. The highest BCUT2D eigenvalue weighted by molar-refractivity contribution is 8.18. The Morgan fingerprint density at radius 2 is 0.906 bits per heavy atom. The summed E-state index contributed by atoms with van der Waals surface area (Å²) in [5.74, 6) is 8.96. The number of hydrogen-bond acceptors (Lipinski definition) is 4. The van der Waals surface area contributed by atoms with Gasteiger partial charge in [0, 0.05) is 0 Å². The zero-order valence-electron chi connectivity index (χ0n) is 34.8. The highest BCUT2D eigenvalue weighted by Gasteiger charge is 2.61. The first kappa shape index (κ1) is 42.4. The Morgan fingerprint density at radius 3 is 1.26 bits per heavy atom. The molecule has 0 bridgehead atoms. The second-order valence-corrected chi connectivity index (χ2v) is 23.3. The van der Waals surface area contributed by atoms with Gasteiger partial charge in [0.15, 0.2) is 0 Å². The molecule has 4 heteroatoms. The zero-order chi connectivity index (χ0) is 37.3. The van der Waals surface area contributed by atoms with Gasteiger partial charge in [0.05, 0.1) is 9.16 Å². The molecule has 0 spiro atoms. The van der Waals surface area contributed by atoms with Gasteiger partial charge in [0.1, 0.15) is 0 Å². The predicted molar refractivity (Wildman–Crippen MR) is 246 cm³/mol. The Morgan fingerprint density at radius 1 is 0.509 bits per heavy atom. The molecule has 4 aliphatic rings. The van der Waals surface area contributed by atoms with Crippen LogP contribution in [-0.4, -0.2) is 32.2 Å². The van der Waals surface area contributed by atoms with E-state index in [4.69, 9.17) is 0 Å². The maximum Gasteiger partial charge on any atom is 0.0564 e. The molecule has 4 fully saturated rings. The monoisotopic (exact) mass is 792 g/mol. The van der Waals surface area contributed by atoms with Crippen molar-refractivity contribution in [3.05, 3.63) is 69.8 Å². The lowest BCUT2D eigenvalue weighted by Crippen LogP contribution is -2.56. The van der Waals surface area contributed by atoms with Crippen LogP contribution < -0.4 is 0 Å². The van der Waals surface area contributed by atoms with Crippen LogP contribution in [0.15, 0.2) is 36.4 Å². The van der Waals surface area contributed by atoms with Crippen molar-refractivity contribution in [2.24, 2.45) is 22.7 Å². The molecule has 2 aliphatic carbocycles. The van der Waals surface area contributed by atoms with Crippen LogP contribution in [0.5, 0.6) is 0 Å². The topological polar surface area (TPSA) is 0 Å². The van der Waals surface area contributed by atoms with Crippen molar-refractivity contribution >= 4 is 47.0 Å². The highest BCUT2D eigenvalue weighted by Crippen LogP contribution is 2.71. The van der Waals surface area contributed by atoms with Crippen LogP contribution in [0.3, 0.4) is 0 Å². The maximum atomic E-state index is 2.57. The molecule has 53 heavy (non-hydrogen) atoms. The van der Waals surface area contributed by atoms with Crippen LogP contribution >= 0.6 is 47.0 Å². The van der Waals surface area contributed by atoms with E-state index in [0.29, 0.717) is 10.8 Å². The quantitative estimate of drug-likeness (QED) is 0.166. The van der Waals surface area contributed by atoms with Crippen LogP contribution in [0.2, 0.25) is 0 Å². The van der Waals surface area contributed by atoms with Gasteiger partial charge in [-0.1, -0.05) is 103 Å². The Bertz CT molecular complexity index is 1380. The third kappa shape index (κ3) is 9.94. The summed E-state index contributed by atoms with van der Waals surface area (Å²) >= 11 is 9.82. The molecule has 6 rings (SSSR count). The molecule has 2 saturated heterocycles. The van der Waals surface area contributed by atoms with Gasteiger partial charge >= 0.3 is 0 Å². The van der Waals surface area contributed by atoms with Crippen LogP contribution in [0, 0.1) is 36.5 Å². The number of aryl methyl sites for hydroxylation is 4. The molecular formula is C49H76S4. The summed E-state index contributed by atoms with van der Waals surface area (Å²) in [5.41, 5.74) is 10.5. The molecule has 0 aromatic heterocycles. The van der Waals surface area contributed by atoms with Gasteiger partial charge in [0.2, 0.25) is 0 Å². The maximum absolute atomic E-state index is 2.57.